The molecule has 2 aliphatic rings. The molecule has 1 N–H and O–H groups in total. The lowest BCUT2D eigenvalue weighted by atomic mass is 9.83. The van der Waals surface area contributed by atoms with Gasteiger partial charge in [0.2, 0.25) is 5.91 Å². The molecule has 3 rings (SSSR count). The maximum Gasteiger partial charge on any atom is 0.319 e. The van der Waals surface area contributed by atoms with Crippen molar-refractivity contribution in [1.82, 2.24) is 9.80 Å². The number of hydrogen-bond acceptors (Lipinski definition) is 3. The minimum atomic E-state index is -1.28. The minimum absolute atomic E-state index is 0.224. The third-order valence-corrected chi connectivity index (χ3v) is 5.24. The lowest BCUT2D eigenvalue weighted by molar-refractivity contribution is -0.160. The summed E-state index contributed by atoms with van der Waals surface area (Å²) in [5.74, 6) is -0.908. The highest BCUT2D eigenvalue weighted by Crippen LogP contribution is 2.36. The molecule has 1 aliphatic heterocycles. The van der Waals surface area contributed by atoms with Crippen LogP contribution in [0.5, 0.6) is 0 Å². The fourth-order valence-electron chi connectivity index (χ4n) is 3.88. The number of amides is 1. The van der Waals surface area contributed by atoms with Crippen LogP contribution in [0.4, 0.5) is 0 Å². The molecule has 0 bridgehead atoms. The van der Waals surface area contributed by atoms with Gasteiger partial charge in [-0.05, 0) is 24.3 Å². The fourth-order valence-corrected chi connectivity index (χ4v) is 3.88. The molecule has 1 aromatic rings. The van der Waals surface area contributed by atoms with E-state index in [0.717, 1.165) is 19.6 Å². The molecule has 1 saturated heterocycles. The van der Waals surface area contributed by atoms with E-state index in [0.29, 0.717) is 31.8 Å². The minimum Gasteiger partial charge on any atom is -0.480 e. The average molecular weight is 342 g/mol. The van der Waals surface area contributed by atoms with Crippen molar-refractivity contribution in [2.24, 2.45) is 11.3 Å². The largest absolute Gasteiger partial charge is 0.480 e. The summed E-state index contributed by atoms with van der Waals surface area (Å²) in [6.07, 6.45) is 4.24. The Morgan fingerprint density at radius 1 is 1.12 bits per heavy atom. The topological polar surface area (TPSA) is 60.9 Å². The SMILES string of the molecule is CC1CN(Cc2ccccc2)CCN(C(=O)C2(C(=O)O)CC=CC2)C1. The van der Waals surface area contributed by atoms with Crippen LogP contribution in [-0.4, -0.2) is 53.0 Å². The Kier molecular flexibility index (Phi) is 5.23. The van der Waals surface area contributed by atoms with E-state index in [1.807, 2.05) is 30.4 Å². The summed E-state index contributed by atoms with van der Waals surface area (Å²) in [6, 6.07) is 10.3. The molecule has 25 heavy (non-hydrogen) atoms. The molecular formula is C20H26N2O3. The summed E-state index contributed by atoms with van der Waals surface area (Å²) in [5.41, 5.74) is -0.0228. The molecule has 5 nitrogen and oxygen atoms in total. The molecule has 0 aromatic heterocycles. The van der Waals surface area contributed by atoms with E-state index in [1.165, 1.54) is 5.56 Å². The molecule has 1 amide bonds. The van der Waals surface area contributed by atoms with Crippen LogP contribution in [0.3, 0.4) is 0 Å². The van der Waals surface area contributed by atoms with E-state index in [4.69, 9.17) is 0 Å². The summed E-state index contributed by atoms with van der Waals surface area (Å²) in [5, 5.41) is 9.65. The van der Waals surface area contributed by atoms with Gasteiger partial charge < -0.3 is 10.0 Å². The molecule has 0 radical (unpaired) electrons. The Bertz CT molecular complexity index is 648. The van der Waals surface area contributed by atoms with Gasteiger partial charge in [0.1, 0.15) is 0 Å². The number of carbonyl (C=O) groups excluding carboxylic acids is 1. The highest BCUT2D eigenvalue weighted by molar-refractivity contribution is 6.02. The zero-order valence-electron chi connectivity index (χ0n) is 14.7. The number of benzene rings is 1. The number of carboxylic acids is 1. The molecule has 1 atom stereocenters. The number of aliphatic carboxylic acids is 1. The molecule has 1 aliphatic carbocycles. The molecule has 1 heterocycles. The number of allylic oxidation sites excluding steroid dienone is 2. The normalized spacial score (nSPS) is 23.4. The summed E-state index contributed by atoms with van der Waals surface area (Å²) < 4.78 is 0. The van der Waals surface area contributed by atoms with Crippen molar-refractivity contribution < 1.29 is 14.7 Å². The second kappa shape index (κ2) is 7.40. The predicted octanol–water partition coefficient (Wildman–Crippen LogP) is 2.39. The second-order valence-electron chi connectivity index (χ2n) is 7.34. The molecule has 0 saturated carbocycles. The molecule has 1 unspecified atom stereocenters. The van der Waals surface area contributed by atoms with Crippen LogP contribution in [0.25, 0.3) is 0 Å². The van der Waals surface area contributed by atoms with Crippen molar-refractivity contribution in [2.45, 2.75) is 26.3 Å². The van der Waals surface area contributed by atoms with Crippen molar-refractivity contribution in [3.05, 3.63) is 48.0 Å². The monoisotopic (exact) mass is 342 g/mol. The van der Waals surface area contributed by atoms with E-state index in [2.05, 4.69) is 24.0 Å². The van der Waals surface area contributed by atoms with Gasteiger partial charge in [0, 0.05) is 32.7 Å². The number of rotatable bonds is 4. The Balaban J connectivity index is 1.68. The van der Waals surface area contributed by atoms with Crippen LogP contribution in [0.15, 0.2) is 42.5 Å². The smallest absolute Gasteiger partial charge is 0.319 e. The van der Waals surface area contributed by atoms with Crippen LogP contribution in [0.2, 0.25) is 0 Å². The standard InChI is InChI=1S/C20H26N2O3/c1-16-13-21(15-17-7-3-2-4-8-17)11-12-22(14-16)18(23)20(19(24)25)9-5-6-10-20/h2-8,16H,9-15H2,1H3,(H,24,25). The van der Waals surface area contributed by atoms with Gasteiger partial charge in [-0.25, -0.2) is 0 Å². The zero-order valence-corrected chi connectivity index (χ0v) is 14.7. The summed E-state index contributed by atoms with van der Waals surface area (Å²) in [6.45, 7) is 5.89. The zero-order chi connectivity index (χ0) is 17.9. The number of carbonyl (C=O) groups is 2. The summed E-state index contributed by atoms with van der Waals surface area (Å²) in [7, 11) is 0. The second-order valence-corrected chi connectivity index (χ2v) is 7.34. The molecule has 1 fully saturated rings. The first kappa shape index (κ1) is 17.7. The lowest BCUT2D eigenvalue weighted by Crippen LogP contribution is -2.49. The van der Waals surface area contributed by atoms with E-state index in [9.17, 15) is 14.7 Å². The van der Waals surface area contributed by atoms with Crippen LogP contribution in [-0.2, 0) is 16.1 Å². The van der Waals surface area contributed by atoms with Crippen LogP contribution >= 0.6 is 0 Å². The quantitative estimate of drug-likeness (QED) is 0.674. The fraction of sp³-hybridized carbons (Fsp3) is 0.500. The van der Waals surface area contributed by atoms with Gasteiger partial charge in [0.05, 0.1) is 0 Å². The van der Waals surface area contributed by atoms with E-state index >= 15 is 0 Å². The van der Waals surface area contributed by atoms with E-state index in [1.54, 1.807) is 4.90 Å². The van der Waals surface area contributed by atoms with Crippen molar-refractivity contribution in [2.75, 3.05) is 26.2 Å². The van der Waals surface area contributed by atoms with Crippen molar-refractivity contribution in [3.63, 3.8) is 0 Å². The highest BCUT2D eigenvalue weighted by atomic mass is 16.4. The van der Waals surface area contributed by atoms with Gasteiger partial charge in [-0.3, -0.25) is 14.5 Å². The van der Waals surface area contributed by atoms with Crippen molar-refractivity contribution in [3.8, 4) is 0 Å². The van der Waals surface area contributed by atoms with Crippen LogP contribution in [0, 0.1) is 11.3 Å². The number of carboxylic acid groups (broad SMARTS) is 1. The summed E-state index contributed by atoms with van der Waals surface area (Å²) >= 11 is 0. The van der Waals surface area contributed by atoms with Gasteiger partial charge in [-0.15, -0.1) is 0 Å². The van der Waals surface area contributed by atoms with Gasteiger partial charge in [-0.2, -0.15) is 0 Å². The van der Waals surface area contributed by atoms with E-state index < -0.39 is 11.4 Å². The molecule has 134 valence electrons. The maximum absolute atomic E-state index is 13.0. The van der Waals surface area contributed by atoms with Crippen LogP contribution in [0.1, 0.15) is 25.3 Å². The lowest BCUT2D eigenvalue weighted by Gasteiger charge is -2.31. The van der Waals surface area contributed by atoms with Crippen LogP contribution < -0.4 is 0 Å². The third-order valence-electron chi connectivity index (χ3n) is 5.24. The van der Waals surface area contributed by atoms with Crippen molar-refractivity contribution >= 4 is 11.9 Å². The van der Waals surface area contributed by atoms with E-state index in [-0.39, 0.29) is 5.91 Å². The number of hydrogen-bond donors (Lipinski definition) is 1. The van der Waals surface area contributed by atoms with Gasteiger partial charge in [0.25, 0.3) is 0 Å². The Labute approximate surface area is 148 Å². The van der Waals surface area contributed by atoms with Gasteiger partial charge in [0.15, 0.2) is 5.41 Å². The first-order chi connectivity index (χ1) is 12.0. The first-order valence-corrected chi connectivity index (χ1v) is 8.95. The molecule has 5 heteroatoms. The Hall–Kier alpha value is -2.14. The Morgan fingerprint density at radius 2 is 1.80 bits per heavy atom. The summed E-state index contributed by atoms with van der Waals surface area (Å²) in [4.78, 5) is 28.9. The first-order valence-electron chi connectivity index (χ1n) is 8.95. The number of nitrogens with zero attached hydrogens (tertiary/aromatic N) is 2. The highest BCUT2D eigenvalue weighted by Gasteiger charge is 2.48. The van der Waals surface area contributed by atoms with Gasteiger partial charge >= 0.3 is 5.97 Å². The average Bonchev–Trinajstić information content (AvgIpc) is 3.02. The molecule has 1 aromatic carbocycles. The molecular weight excluding hydrogens is 316 g/mol. The predicted molar refractivity (Wildman–Crippen MR) is 95.9 cm³/mol. The van der Waals surface area contributed by atoms with Crippen molar-refractivity contribution in [1.29, 1.82) is 0 Å². The van der Waals surface area contributed by atoms with Gasteiger partial charge in [-0.1, -0.05) is 49.4 Å². The third kappa shape index (κ3) is 3.76. The molecule has 0 spiro atoms. The Morgan fingerprint density at radius 3 is 2.44 bits per heavy atom. The maximum atomic E-state index is 13.0.